The quantitative estimate of drug-likeness (QED) is 0.836. The van der Waals surface area contributed by atoms with Gasteiger partial charge in [0.05, 0.1) is 18.8 Å². The van der Waals surface area contributed by atoms with Gasteiger partial charge in [0, 0.05) is 24.0 Å². The summed E-state index contributed by atoms with van der Waals surface area (Å²) < 4.78 is 5.61. The lowest BCUT2D eigenvalue weighted by molar-refractivity contribution is -0.126. The Labute approximate surface area is 126 Å². The molecule has 21 heavy (non-hydrogen) atoms. The number of amides is 1. The smallest absolute Gasteiger partial charge is 0.241 e. The van der Waals surface area contributed by atoms with E-state index in [4.69, 9.17) is 10.5 Å². The summed E-state index contributed by atoms with van der Waals surface area (Å²) in [5.74, 6) is -0.00958. The van der Waals surface area contributed by atoms with Crippen molar-refractivity contribution >= 4 is 17.3 Å². The normalized spacial score (nSPS) is 24.6. The Bertz CT molecular complexity index is 518. The molecule has 0 aliphatic carbocycles. The number of ether oxygens (including phenoxy) is 1. The first-order valence-electron chi connectivity index (χ1n) is 7.43. The van der Waals surface area contributed by atoms with Crippen LogP contribution in [0.1, 0.15) is 26.3 Å². The average molecular weight is 291 g/mol. The van der Waals surface area contributed by atoms with E-state index in [0.29, 0.717) is 12.3 Å². The molecule has 3 N–H and O–H groups in total. The zero-order chi connectivity index (χ0) is 15.6. The average Bonchev–Trinajstić information content (AvgIpc) is 2.45. The van der Waals surface area contributed by atoms with Gasteiger partial charge in [0.1, 0.15) is 0 Å². The molecule has 0 radical (unpaired) electrons. The van der Waals surface area contributed by atoms with Crippen molar-refractivity contribution in [3.05, 3.63) is 23.8 Å². The zero-order valence-corrected chi connectivity index (χ0v) is 13.2. The standard InChI is InChI=1S/C16H25N3O2/c1-10-9-21-11(2)8-19(10)13(4)16(20)18-15-7-5-6-14(17)12(15)3/h5-7,10-11,13H,8-9,17H2,1-4H3,(H,18,20). The van der Waals surface area contributed by atoms with Gasteiger partial charge in [0.2, 0.25) is 5.91 Å². The van der Waals surface area contributed by atoms with Crippen LogP contribution in [0.25, 0.3) is 0 Å². The molecule has 0 saturated carbocycles. The van der Waals surface area contributed by atoms with Gasteiger partial charge in [-0.2, -0.15) is 0 Å². The van der Waals surface area contributed by atoms with E-state index in [1.807, 2.05) is 39.0 Å². The van der Waals surface area contributed by atoms with Crippen molar-refractivity contribution in [3.8, 4) is 0 Å². The highest BCUT2D eigenvalue weighted by Crippen LogP contribution is 2.22. The van der Waals surface area contributed by atoms with Gasteiger partial charge in [-0.05, 0) is 45.4 Å². The van der Waals surface area contributed by atoms with Crippen LogP contribution < -0.4 is 11.1 Å². The number of morpholine rings is 1. The number of nitrogens with zero attached hydrogens (tertiary/aromatic N) is 1. The van der Waals surface area contributed by atoms with Gasteiger partial charge in [-0.25, -0.2) is 0 Å². The van der Waals surface area contributed by atoms with Crippen molar-refractivity contribution < 1.29 is 9.53 Å². The Kier molecular flexibility index (Phi) is 4.85. The van der Waals surface area contributed by atoms with E-state index in [-0.39, 0.29) is 24.1 Å². The van der Waals surface area contributed by atoms with Gasteiger partial charge in [0.15, 0.2) is 0 Å². The molecule has 2 rings (SSSR count). The molecule has 3 unspecified atom stereocenters. The topological polar surface area (TPSA) is 67.6 Å². The Morgan fingerprint density at radius 3 is 2.90 bits per heavy atom. The van der Waals surface area contributed by atoms with Crippen molar-refractivity contribution in [2.75, 3.05) is 24.2 Å². The first-order chi connectivity index (χ1) is 9.90. The van der Waals surface area contributed by atoms with Crippen LogP contribution in [0, 0.1) is 6.92 Å². The van der Waals surface area contributed by atoms with E-state index in [0.717, 1.165) is 17.8 Å². The molecule has 3 atom stereocenters. The lowest BCUT2D eigenvalue weighted by atomic mass is 10.1. The number of hydrogen-bond acceptors (Lipinski definition) is 4. The van der Waals surface area contributed by atoms with Gasteiger partial charge in [0.25, 0.3) is 0 Å². The lowest BCUT2D eigenvalue weighted by Gasteiger charge is -2.39. The molecule has 0 aromatic heterocycles. The maximum Gasteiger partial charge on any atom is 0.241 e. The van der Waals surface area contributed by atoms with Crippen molar-refractivity contribution in [1.29, 1.82) is 0 Å². The van der Waals surface area contributed by atoms with Crippen LogP contribution in [0.15, 0.2) is 18.2 Å². The first kappa shape index (κ1) is 15.8. The second-order valence-electron chi connectivity index (χ2n) is 5.87. The Morgan fingerprint density at radius 1 is 1.48 bits per heavy atom. The van der Waals surface area contributed by atoms with Crippen LogP contribution in [0.5, 0.6) is 0 Å². The van der Waals surface area contributed by atoms with Crippen LogP contribution in [-0.4, -0.2) is 42.1 Å². The molecule has 1 fully saturated rings. The number of nitrogens with one attached hydrogen (secondary N) is 1. The SMILES string of the molecule is Cc1c(N)cccc1NC(=O)C(C)N1CC(C)OCC1C. The minimum atomic E-state index is -0.202. The number of hydrogen-bond donors (Lipinski definition) is 2. The molecule has 1 aliphatic rings. The third-order valence-electron chi connectivity index (χ3n) is 4.17. The minimum absolute atomic E-state index is 0.00958. The highest BCUT2D eigenvalue weighted by molar-refractivity contribution is 5.95. The maximum atomic E-state index is 12.5. The number of nitrogens with two attached hydrogens (primary N) is 1. The van der Waals surface area contributed by atoms with Crippen molar-refractivity contribution in [3.63, 3.8) is 0 Å². The number of nitrogen functional groups attached to an aromatic ring is 1. The van der Waals surface area contributed by atoms with Crippen molar-refractivity contribution in [1.82, 2.24) is 4.90 Å². The number of carbonyl (C=O) groups is 1. The molecule has 5 nitrogen and oxygen atoms in total. The first-order valence-corrected chi connectivity index (χ1v) is 7.43. The largest absolute Gasteiger partial charge is 0.398 e. The van der Waals surface area contributed by atoms with Crippen LogP contribution in [0.4, 0.5) is 11.4 Å². The van der Waals surface area contributed by atoms with Gasteiger partial charge in [-0.1, -0.05) is 6.07 Å². The predicted octanol–water partition coefficient (Wildman–Crippen LogP) is 2.01. The van der Waals surface area contributed by atoms with Gasteiger partial charge in [-0.15, -0.1) is 0 Å². The minimum Gasteiger partial charge on any atom is -0.398 e. The number of carbonyl (C=O) groups excluding carboxylic acids is 1. The fourth-order valence-electron chi connectivity index (χ4n) is 2.65. The molecule has 1 saturated heterocycles. The second kappa shape index (κ2) is 6.45. The van der Waals surface area contributed by atoms with Crippen LogP contribution in [-0.2, 0) is 9.53 Å². The summed E-state index contributed by atoms with van der Waals surface area (Å²) in [4.78, 5) is 14.7. The molecule has 0 bridgehead atoms. The summed E-state index contributed by atoms with van der Waals surface area (Å²) in [6, 6.07) is 5.60. The van der Waals surface area contributed by atoms with Crippen LogP contribution in [0.2, 0.25) is 0 Å². The van der Waals surface area contributed by atoms with Crippen molar-refractivity contribution in [2.24, 2.45) is 0 Å². The monoisotopic (exact) mass is 291 g/mol. The Balaban J connectivity index is 2.07. The lowest BCUT2D eigenvalue weighted by Crippen LogP contribution is -2.54. The predicted molar refractivity (Wildman–Crippen MR) is 85.3 cm³/mol. The van der Waals surface area contributed by atoms with E-state index in [1.165, 1.54) is 0 Å². The van der Waals surface area contributed by atoms with Crippen molar-refractivity contribution in [2.45, 2.75) is 45.9 Å². The summed E-state index contributed by atoms with van der Waals surface area (Å²) in [6.07, 6.45) is 0.158. The fourth-order valence-corrected chi connectivity index (χ4v) is 2.65. The highest BCUT2D eigenvalue weighted by Gasteiger charge is 2.31. The molecule has 1 aromatic rings. The number of rotatable bonds is 3. The van der Waals surface area contributed by atoms with E-state index in [1.54, 1.807) is 0 Å². The Morgan fingerprint density at radius 2 is 2.19 bits per heavy atom. The molecule has 0 spiro atoms. The summed E-state index contributed by atoms with van der Waals surface area (Å²) in [7, 11) is 0. The van der Waals surface area contributed by atoms with Gasteiger partial charge < -0.3 is 15.8 Å². The van der Waals surface area contributed by atoms with Crippen LogP contribution >= 0.6 is 0 Å². The zero-order valence-electron chi connectivity index (χ0n) is 13.2. The highest BCUT2D eigenvalue weighted by atomic mass is 16.5. The molecule has 116 valence electrons. The summed E-state index contributed by atoms with van der Waals surface area (Å²) >= 11 is 0. The maximum absolute atomic E-state index is 12.5. The Hall–Kier alpha value is -1.59. The van der Waals surface area contributed by atoms with E-state index in [9.17, 15) is 4.79 Å². The van der Waals surface area contributed by atoms with E-state index >= 15 is 0 Å². The fraction of sp³-hybridized carbons (Fsp3) is 0.562. The molecule has 1 aliphatic heterocycles. The summed E-state index contributed by atoms with van der Waals surface area (Å²) in [5, 5.41) is 2.98. The molecule has 1 heterocycles. The second-order valence-corrected chi connectivity index (χ2v) is 5.87. The molecular formula is C16H25N3O2. The van der Waals surface area contributed by atoms with Gasteiger partial charge in [-0.3, -0.25) is 9.69 Å². The molecular weight excluding hydrogens is 266 g/mol. The van der Waals surface area contributed by atoms with E-state index in [2.05, 4.69) is 17.1 Å². The molecule has 1 aromatic carbocycles. The third kappa shape index (κ3) is 3.54. The van der Waals surface area contributed by atoms with Crippen LogP contribution in [0.3, 0.4) is 0 Å². The molecule has 1 amide bonds. The third-order valence-corrected chi connectivity index (χ3v) is 4.17. The van der Waals surface area contributed by atoms with E-state index < -0.39 is 0 Å². The summed E-state index contributed by atoms with van der Waals surface area (Å²) in [6.45, 7) is 9.40. The summed E-state index contributed by atoms with van der Waals surface area (Å²) in [5.41, 5.74) is 8.25. The number of anilines is 2. The number of benzene rings is 1. The molecule has 5 heteroatoms. The van der Waals surface area contributed by atoms with Gasteiger partial charge >= 0.3 is 0 Å².